The summed E-state index contributed by atoms with van der Waals surface area (Å²) in [6, 6.07) is 132. The third kappa shape index (κ3) is 11.1. The van der Waals surface area contributed by atoms with Crippen molar-refractivity contribution in [3.63, 3.8) is 0 Å². The molecule has 0 spiro atoms. The Balaban J connectivity index is 0.000000137. The highest BCUT2D eigenvalue weighted by atomic mass is 16.3. The fourth-order valence-corrected chi connectivity index (χ4v) is 17.2. The number of para-hydroxylation sites is 6. The van der Waals surface area contributed by atoms with E-state index in [2.05, 4.69) is 314 Å². The molecule has 540 valence electrons. The fraction of sp³-hybridized carbons (Fsp3) is 0. The SMILES string of the molecule is c1ccc(-c2cc(-c3ccc(-n4c5ccccc5c5ccccc54)cc3)nc(-c3cccc(-c4nc5ccc6ccccc6c5c5oc6ccccc6c45)c3)n2)cc1.c1ccc(-c2cc(-c3cccc(-c4cccc5c4oc4ccccc45)c3)nc(-c3ccc(-c4nc5ccc6ccccc6c5c5oc6ccccc6c45)cc3)n2)cc1. The molecule has 0 aliphatic carbocycles. The summed E-state index contributed by atoms with van der Waals surface area (Å²) in [6.45, 7) is 0. The standard InChI is InChI=1S/C53H32N4O.C53H31N3O2/c1-2-14-34(15-3-1)44-32-45(35-25-28-38(29-26-35)57-46-22-9-6-19-40(46)41-20-7-10-23-47(41)57)56-53(55-44)37-17-12-16-36(31-37)51-50-42-21-8-11-24-48(42)58-52(50)49-39-18-5-4-13-33(39)27-30-43(49)54-51;1-2-13-33(14-3-1)44-31-45(37-16-10-15-36(30-37)39-20-11-21-41-40-18-6-8-22-46(40)57-51(39)41)56-53(55-44)35-26-24-34(25-27-35)50-49-42-19-7-9-23-47(42)58-52(49)48-38-17-5-4-12-32(38)28-29-43(48)54-50/h1-32H;1-31H. The van der Waals surface area contributed by atoms with Crippen LogP contribution in [0.1, 0.15) is 0 Å². The van der Waals surface area contributed by atoms with Gasteiger partial charge in [0.1, 0.15) is 33.5 Å². The number of nitrogens with zero attached hydrogens (tertiary/aromatic N) is 7. The van der Waals surface area contributed by atoms with Crippen LogP contribution in [0.4, 0.5) is 0 Å². The molecule has 0 saturated carbocycles. The zero-order valence-electron chi connectivity index (χ0n) is 62.2. The monoisotopic (exact) mass is 1480 g/mol. The zero-order valence-corrected chi connectivity index (χ0v) is 62.2. The Morgan fingerprint density at radius 1 is 0.207 bits per heavy atom. The third-order valence-electron chi connectivity index (χ3n) is 22.7. The maximum Gasteiger partial charge on any atom is 0.160 e. The van der Waals surface area contributed by atoms with Crippen molar-refractivity contribution in [2.24, 2.45) is 0 Å². The van der Waals surface area contributed by atoms with Crippen LogP contribution in [-0.4, -0.2) is 34.5 Å². The van der Waals surface area contributed by atoms with E-state index in [1.54, 1.807) is 0 Å². The molecule has 0 aliphatic rings. The van der Waals surface area contributed by atoms with Crippen molar-refractivity contribution in [2.75, 3.05) is 0 Å². The summed E-state index contributed by atoms with van der Waals surface area (Å²) in [5.74, 6) is 1.29. The van der Waals surface area contributed by atoms with Gasteiger partial charge < -0.3 is 17.8 Å². The van der Waals surface area contributed by atoms with Gasteiger partial charge in [-0.05, 0) is 106 Å². The van der Waals surface area contributed by atoms with Gasteiger partial charge in [-0.15, -0.1) is 0 Å². The van der Waals surface area contributed by atoms with Gasteiger partial charge in [-0.3, -0.25) is 0 Å². The number of hydrogen-bond donors (Lipinski definition) is 0. The minimum atomic E-state index is 0.643. The van der Waals surface area contributed by atoms with Gasteiger partial charge in [-0.1, -0.05) is 303 Å². The number of benzene rings is 16. The summed E-state index contributed by atoms with van der Waals surface area (Å²) in [7, 11) is 0. The summed E-state index contributed by atoms with van der Waals surface area (Å²) < 4.78 is 22.1. The van der Waals surface area contributed by atoms with Crippen LogP contribution in [0.5, 0.6) is 0 Å². The molecular weight excluding hydrogens is 1420 g/mol. The summed E-state index contributed by atoms with van der Waals surface area (Å²) in [5, 5.41) is 15.4. The first-order valence-corrected chi connectivity index (χ1v) is 38.9. The van der Waals surface area contributed by atoms with Crippen molar-refractivity contribution < 1.29 is 13.3 Å². The zero-order chi connectivity index (χ0) is 76.3. The largest absolute Gasteiger partial charge is 0.455 e. The van der Waals surface area contributed by atoms with E-state index in [9.17, 15) is 0 Å². The first kappa shape index (κ1) is 66.0. The van der Waals surface area contributed by atoms with E-state index in [4.69, 9.17) is 43.2 Å². The Kier molecular flexibility index (Phi) is 15.4. The van der Waals surface area contributed by atoms with Gasteiger partial charge in [-0.2, -0.15) is 0 Å². The van der Waals surface area contributed by atoms with Crippen molar-refractivity contribution in [1.29, 1.82) is 0 Å². The van der Waals surface area contributed by atoms with Crippen molar-refractivity contribution >= 4 is 131 Å². The summed E-state index contributed by atoms with van der Waals surface area (Å²) >= 11 is 0. The normalized spacial score (nSPS) is 11.8. The second-order valence-electron chi connectivity index (χ2n) is 29.5. The lowest BCUT2D eigenvalue weighted by atomic mass is 9.98. The van der Waals surface area contributed by atoms with Crippen LogP contribution in [0.2, 0.25) is 0 Å². The van der Waals surface area contributed by atoms with Crippen molar-refractivity contribution in [3.05, 3.63) is 382 Å². The van der Waals surface area contributed by atoms with Gasteiger partial charge >= 0.3 is 0 Å². The molecule has 116 heavy (non-hydrogen) atoms. The highest BCUT2D eigenvalue weighted by molar-refractivity contribution is 6.27. The molecule has 24 aromatic rings. The molecule has 0 radical (unpaired) electrons. The van der Waals surface area contributed by atoms with E-state index in [1.807, 2.05) is 72.8 Å². The molecule has 10 heteroatoms. The molecule has 0 aliphatic heterocycles. The Labute approximate surface area is 663 Å². The van der Waals surface area contributed by atoms with Crippen LogP contribution in [0, 0.1) is 0 Å². The molecule has 0 amide bonds. The molecule has 24 rings (SSSR count). The maximum atomic E-state index is 6.69. The van der Waals surface area contributed by atoms with E-state index >= 15 is 0 Å². The molecule has 0 N–H and O–H groups in total. The second kappa shape index (κ2) is 27.0. The Hall–Kier alpha value is -15.8. The van der Waals surface area contributed by atoms with E-state index in [0.29, 0.717) is 11.6 Å². The van der Waals surface area contributed by atoms with Crippen LogP contribution in [-0.2, 0) is 0 Å². The summed E-state index contributed by atoms with van der Waals surface area (Å²) in [6.07, 6.45) is 0. The molecule has 8 aromatic heterocycles. The number of aromatic nitrogens is 7. The maximum absolute atomic E-state index is 6.69. The van der Waals surface area contributed by atoms with Gasteiger partial charge in [0.2, 0.25) is 0 Å². The highest BCUT2D eigenvalue weighted by Gasteiger charge is 2.25. The van der Waals surface area contributed by atoms with E-state index < -0.39 is 0 Å². The Morgan fingerprint density at radius 3 is 1.16 bits per heavy atom. The minimum Gasteiger partial charge on any atom is -0.455 e. The van der Waals surface area contributed by atoms with E-state index in [1.165, 1.54) is 21.8 Å². The molecule has 0 unspecified atom stereocenters. The molecular formula is C106H63N7O3. The molecule has 0 saturated heterocycles. The third-order valence-corrected chi connectivity index (χ3v) is 22.7. The van der Waals surface area contributed by atoms with Gasteiger partial charge in [0.05, 0.1) is 77.8 Å². The molecule has 16 aromatic carbocycles. The summed E-state index contributed by atoms with van der Waals surface area (Å²) in [4.78, 5) is 31.5. The van der Waals surface area contributed by atoms with Crippen LogP contribution in [0.25, 0.3) is 238 Å². The lowest BCUT2D eigenvalue weighted by Crippen LogP contribution is -1.97. The number of rotatable bonds is 10. The smallest absolute Gasteiger partial charge is 0.160 e. The van der Waals surface area contributed by atoms with E-state index in [-0.39, 0.29) is 0 Å². The van der Waals surface area contributed by atoms with Gasteiger partial charge in [-0.25, -0.2) is 29.9 Å². The lowest BCUT2D eigenvalue weighted by Gasteiger charge is -2.12. The highest BCUT2D eigenvalue weighted by Crippen LogP contribution is 2.46. The minimum absolute atomic E-state index is 0.643. The Morgan fingerprint density at radius 2 is 0.586 bits per heavy atom. The van der Waals surface area contributed by atoms with Crippen molar-refractivity contribution in [3.8, 4) is 107 Å². The first-order valence-electron chi connectivity index (χ1n) is 38.9. The number of pyridine rings is 2. The average Bonchev–Trinajstić information content (AvgIpc) is 1.52. The predicted octanol–water partition coefficient (Wildman–Crippen LogP) is 28.2. The van der Waals surface area contributed by atoms with Crippen molar-refractivity contribution in [1.82, 2.24) is 34.5 Å². The number of furan rings is 3. The lowest BCUT2D eigenvalue weighted by molar-refractivity contribution is 0.670. The first-order chi connectivity index (χ1) is 57.5. The van der Waals surface area contributed by atoms with Crippen molar-refractivity contribution in [2.45, 2.75) is 0 Å². The topological polar surface area (TPSA) is 122 Å². The molecule has 10 nitrogen and oxygen atoms in total. The molecule has 8 heterocycles. The average molecular weight is 1480 g/mol. The molecule has 0 atom stereocenters. The second-order valence-corrected chi connectivity index (χ2v) is 29.5. The predicted molar refractivity (Wildman–Crippen MR) is 475 cm³/mol. The Bertz CT molecular complexity index is 8030. The van der Waals surface area contributed by atoms with Crippen LogP contribution in [0.15, 0.2) is 395 Å². The van der Waals surface area contributed by atoms with Gasteiger partial charge in [0.15, 0.2) is 11.6 Å². The van der Waals surface area contributed by atoms with Gasteiger partial charge in [0.25, 0.3) is 0 Å². The quantitative estimate of drug-likeness (QED) is 0.123. The number of hydrogen-bond acceptors (Lipinski definition) is 9. The molecule has 0 bridgehead atoms. The van der Waals surface area contributed by atoms with Crippen LogP contribution >= 0.6 is 0 Å². The van der Waals surface area contributed by atoms with Gasteiger partial charge in [0, 0.05) is 88.1 Å². The summed E-state index contributed by atoms with van der Waals surface area (Å²) in [5.41, 5.74) is 25.4. The van der Waals surface area contributed by atoms with Crippen LogP contribution < -0.4 is 0 Å². The number of fused-ring (bicyclic) bond motifs is 20. The van der Waals surface area contributed by atoms with E-state index in [0.717, 1.165) is 205 Å². The van der Waals surface area contributed by atoms with Crippen LogP contribution in [0.3, 0.4) is 0 Å². The molecule has 0 fully saturated rings. The fourth-order valence-electron chi connectivity index (χ4n) is 17.2.